The molecule has 0 saturated carbocycles. The Bertz CT molecular complexity index is 275. The molecule has 4 heteroatoms. The molecule has 1 atom stereocenters. The van der Waals surface area contributed by atoms with Crippen LogP contribution in [0, 0.1) is 0 Å². The van der Waals surface area contributed by atoms with Crippen molar-refractivity contribution in [1.82, 2.24) is 5.43 Å². The van der Waals surface area contributed by atoms with Gasteiger partial charge in [-0.3, -0.25) is 11.3 Å². The average Bonchev–Trinajstić information content (AvgIpc) is 2.63. The standard InChI is InChI=1S/C11H19BrN2S/c1-2-3-4-5-10(14-13)7-11-6-9(12)8-15-11/h6,8,10,14H,2-5,7,13H2,1H3. The zero-order valence-electron chi connectivity index (χ0n) is 9.13. The predicted octanol–water partition coefficient (Wildman–Crippen LogP) is 3.47. The molecule has 1 rings (SSSR count). The van der Waals surface area contributed by atoms with Crippen molar-refractivity contribution in [3.05, 3.63) is 20.8 Å². The monoisotopic (exact) mass is 290 g/mol. The van der Waals surface area contributed by atoms with Crippen LogP contribution in [0.15, 0.2) is 15.9 Å². The van der Waals surface area contributed by atoms with Crippen LogP contribution in [0.4, 0.5) is 0 Å². The van der Waals surface area contributed by atoms with Gasteiger partial charge in [-0.05, 0) is 34.8 Å². The van der Waals surface area contributed by atoms with E-state index in [9.17, 15) is 0 Å². The first-order valence-corrected chi connectivity index (χ1v) is 7.12. The molecule has 0 saturated heterocycles. The lowest BCUT2D eigenvalue weighted by atomic mass is 10.1. The number of rotatable bonds is 7. The van der Waals surface area contributed by atoms with E-state index in [2.05, 4.69) is 39.7 Å². The summed E-state index contributed by atoms with van der Waals surface area (Å²) in [4.78, 5) is 1.39. The lowest BCUT2D eigenvalue weighted by Gasteiger charge is -2.14. The van der Waals surface area contributed by atoms with E-state index in [1.165, 1.54) is 35.0 Å². The summed E-state index contributed by atoms with van der Waals surface area (Å²) < 4.78 is 1.17. The quantitative estimate of drug-likeness (QED) is 0.458. The van der Waals surface area contributed by atoms with Gasteiger partial charge in [0.1, 0.15) is 0 Å². The van der Waals surface area contributed by atoms with Crippen molar-refractivity contribution in [1.29, 1.82) is 0 Å². The van der Waals surface area contributed by atoms with Crippen molar-refractivity contribution in [3.63, 3.8) is 0 Å². The molecule has 2 nitrogen and oxygen atoms in total. The van der Waals surface area contributed by atoms with Crippen LogP contribution in [0.2, 0.25) is 0 Å². The van der Waals surface area contributed by atoms with E-state index in [1.807, 2.05) is 0 Å². The van der Waals surface area contributed by atoms with Gasteiger partial charge in [0, 0.05) is 20.8 Å². The number of nitrogens with one attached hydrogen (secondary N) is 1. The molecule has 0 bridgehead atoms. The first-order valence-electron chi connectivity index (χ1n) is 5.45. The molecular weight excluding hydrogens is 272 g/mol. The normalized spacial score (nSPS) is 13.0. The third kappa shape index (κ3) is 5.11. The summed E-state index contributed by atoms with van der Waals surface area (Å²) in [7, 11) is 0. The number of unbranched alkanes of at least 4 members (excludes halogenated alkanes) is 2. The summed E-state index contributed by atoms with van der Waals surface area (Å²) in [6, 6.07) is 2.59. The Kier molecular flexibility index (Phi) is 6.48. The van der Waals surface area contributed by atoms with Crippen LogP contribution in [-0.2, 0) is 6.42 Å². The van der Waals surface area contributed by atoms with Crippen molar-refractivity contribution in [3.8, 4) is 0 Å². The molecule has 1 heterocycles. The Balaban J connectivity index is 2.33. The van der Waals surface area contributed by atoms with Crippen molar-refractivity contribution in [2.24, 2.45) is 5.84 Å². The maximum atomic E-state index is 5.55. The molecular formula is C11H19BrN2S. The van der Waals surface area contributed by atoms with Gasteiger partial charge in [0.25, 0.3) is 0 Å². The van der Waals surface area contributed by atoms with E-state index in [1.54, 1.807) is 11.3 Å². The summed E-state index contributed by atoms with van der Waals surface area (Å²) in [5, 5.41) is 2.12. The van der Waals surface area contributed by atoms with E-state index in [0.29, 0.717) is 6.04 Å². The lowest BCUT2D eigenvalue weighted by molar-refractivity contribution is 0.469. The minimum absolute atomic E-state index is 0.419. The number of hydrogen-bond donors (Lipinski definition) is 2. The van der Waals surface area contributed by atoms with E-state index in [4.69, 9.17) is 5.84 Å². The molecule has 0 radical (unpaired) electrons. The van der Waals surface area contributed by atoms with E-state index >= 15 is 0 Å². The number of nitrogens with two attached hydrogens (primary N) is 1. The average molecular weight is 291 g/mol. The molecule has 86 valence electrons. The minimum atomic E-state index is 0.419. The highest BCUT2D eigenvalue weighted by Gasteiger charge is 2.08. The molecule has 15 heavy (non-hydrogen) atoms. The Hall–Kier alpha value is 0.1000. The Morgan fingerprint density at radius 2 is 2.33 bits per heavy atom. The number of hydrogen-bond acceptors (Lipinski definition) is 3. The molecule has 0 aliphatic rings. The van der Waals surface area contributed by atoms with Crippen molar-refractivity contribution in [2.75, 3.05) is 0 Å². The smallest absolute Gasteiger partial charge is 0.0285 e. The SMILES string of the molecule is CCCCCC(Cc1cc(Br)cs1)NN. The van der Waals surface area contributed by atoms with Crippen LogP contribution in [0.5, 0.6) is 0 Å². The molecule has 1 unspecified atom stereocenters. The number of halogens is 1. The fourth-order valence-corrected chi connectivity index (χ4v) is 3.12. The molecule has 0 fully saturated rings. The largest absolute Gasteiger partial charge is 0.271 e. The summed E-state index contributed by atoms with van der Waals surface area (Å²) >= 11 is 5.26. The molecule has 0 spiro atoms. The molecule has 0 aliphatic carbocycles. The molecule has 0 aromatic carbocycles. The molecule has 1 aromatic rings. The third-order valence-electron chi connectivity index (χ3n) is 2.46. The predicted molar refractivity (Wildman–Crippen MR) is 71.0 cm³/mol. The number of thiophene rings is 1. The lowest BCUT2D eigenvalue weighted by Crippen LogP contribution is -2.36. The molecule has 0 aliphatic heterocycles. The van der Waals surface area contributed by atoms with E-state index < -0.39 is 0 Å². The Labute approximate surface area is 104 Å². The Morgan fingerprint density at radius 3 is 2.87 bits per heavy atom. The van der Waals surface area contributed by atoms with Gasteiger partial charge >= 0.3 is 0 Å². The zero-order chi connectivity index (χ0) is 11.1. The van der Waals surface area contributed by atoms with Gasteiger partial charge < -0.3 is 0 Å². The van der Waals surface area contributed by atoms with E-state index in [0.717, 1.165) is 6.42 Å². The minimum Gasteiger partial charge on any atom is -0.271 e. The van der Waals surface area contributed by atoms with Gasteiger partial charge in [0.2, 0.25) is 0 Å². The summed E-state index contributed by atoms with van der Waals surface area (Å²) in [5.74, 6) is 5.55. The highest BCUT2D eigenvalue weighted by molar-refractivity contribution is 9.10. The second-order valence-corrected chi connectivity index (χ2v) is 5.71. The zero-order valence-corrected chi connectivity index (χ0v) is 11.5. The van der Waals surface area contributed by atoms with Gasteiger partial charge in [-0.2, -0.15) is 0 Å². The third-order valence-corrected chi connectivity index (χ3v) is 4.18. The van der Waals surface area contributed by atoms with Crippen LogP contribution < -0.4 is 11.3 Å². The van der Waals surface area contributed by atoms with E-state index in [-0.39, 0.29) is 0 Å². The molecule has 0 amide bonds. The maximum absolute atomic E-state index is 5.55. The number of hydrazine groups is 1. The van der Waals surface area contributed by atoms with Crippen LogP contribution in [-0.4, -0.2) is 6.04 Å². The van der Waals surface area contributed by atoms with Gasteiger partial charge in [-0.1, -0.05) is 26.2 Å². The van der Waals surface area contributed by atoms with Gasteiger partial charge in [-0.15, -0.1) is 11.3 Å². The second kappa shape index (κ2) is 7.39. The highest BCUT2D eigenvalue weighted by atomic mass is 79.9. The molecule has 3 N–H and O–H groups in total. The second-order valence-electron chi connectivity index (χ2n) is 3.79. The van der Waals surface area contributed by atoms with Gasteiger partial charge in [-0.25, -0.2) is 0 Å². The van der Waals surface area contributed by atoms with Crippen molar-refractivity contribution >= 4 is 27.3 Å². The highest BCUT2D eigenvalue weighted by Crippen LogP contribution is 2.21. The van der Waals surface area contributed by atoms with Crippen LogP contribution in [0.25, 0.3) is 0 Å². The topological polar surface area (TPSA) is 38.0 Å². The Morgan fingerprint density at radius 1 is 1.53 bits per heavy atom. The summed E-state index contributed by atoms with van der Waals surface area (Å²) in [5.41, 5.74) is 2.91. The van der Waals surface area contributed by atoms with Crippen molar-refractivity contribution in [2.45, 2.75) is 45.1 Å². The summed E-state index contributed by atoms with van der Waals surface area (Å²) in [6.45, 7) is 2.22. The maximum Gasteiger partial charge on any atom is 0.0285 e. The van der Waals surface area contributed by atoms with Crippen LogP contribution in [0.3, 0.4) is 0 Å². The fourth-order valence-electron chi connectivity index (χ4n) is 1.59. The van der Waals surface area contributed by atoms with Gasteiger partial charge in [0.15, 0.2) is 0 Å². The van der Waals surface area contributed by atoms with Gasteiger partial charge in [0.05, 0.1) is 0 Å². The van der Waals surface area contributed by atoms with Crippen molar-refractivity contribution < 1.29 is 0 Å². The fraction of sp³-hybridized carbons (Fsp3) is 0.636. The summed E-state index contributed by atoms with van der Waals surface area (Å²) in [6.07, 6.45) is 6.03. The van der Waals surface area contributed by atoms with Crippen LogP contribution in [0.1, 0.15) is 37.5 Å². The first-order chi connectivity index (χ1) is 7.26. The molecule has 1 aromatic heterocycles. The first kappa shape index (κ1) is 13.2. The van der Waals surface area contributed by atoms with Crippen LogP contribution >= 0.6 is 27.3 Å².